The molecule has 0 aliphatic carbocycles. The zero-order chi connectivity index (χ0) is 19.6. The summed E-state index contributed by atoms with van der Waals surface area (Å²) in [6, 6.07) is 12.0. The fraction of sp³-hybridized carbons (Fsp3) is 0. The maximum Gasteiger partial charge on any atom is 0.285 e. The lowest BCUT2D eigenvalue weighted by atomic mass is 10.2. The molecule has 3 rings (SSSR count). The van der Waals surface area contributed by atoms with Crippen molar-refractivity contribution in [2.75, 3.05) is 0 Å². The van der Waals surface area contributed by atoms with Crippen molar-refractivity contribution >= 4 is 63.5 Å². The van der Waals surface area contributed by atoms with Crippen LogP contribution in [-0.2, 0) is 4.79 Å². The molecule has 1 saturated heterocycles. The van der Waals surface area contributed by atoms with E-state index in [4.69, 9.17) is 23.8 Å². The molecule has 2 aromatic rings. The lowest BCUT2D eigenvalue weighted by Gasteiger charge is -2.15. The summed E-state index contributed by atoms with van der Waals surface area (Å²) in [5.74, 6) is -1.03. The predicted octanol–water partition coefficient (Wildman–Crippen LogP) is 3.79. The number of halogens is 1. The maximum atomic E-state index is 12.5. The number of nitro benzene ring substituents is 1. The van der Waals surface area contributed by atoms with Crippen molar-refractivity contribution in [3.8, 4) is 0 Å². The van der Waals surface area contributed by atoms with Crippen LogP contribution in [-0.4, -0.2) is 26.1 Å². The molecule has 2 aromatic carbocycles. The van der Waals surface area contributed by atoms with Crippen molar-refractivity contribution in [3.05, 3.63) is 79.7 Å². The Labute approximate surface area is 168 Å². The van der Waals surface area contributed by atoms with Crippen LogP contribution in [0.5, 0.6) is 0 Å². The van der Waals surface area contributed by atoms with Gasteiger partial charge in [-0.2, -0.15) is 5.01 Å². The Hall–Kier alpha value is -2.75. The summed E-state index contributed by atoms with van der Waals surface area (Å²) in [7, 11) is 0. The molecule has 0 radical (unpaired) electrons. The van der Waals surface area contributed by atoms with E-state index in [1.165, 1.54) is 36.4 Å². The number of nitrogens with zero attached hydrogens (tertiary/aromatic N) is 2. The minimum atomic E-state index is -0.519. The van der Waals surface area contributed by atoms with Gasteiger partial charge < -0.3 is 0 Å². The summed E-state index contributed by atoms with van der Waals surface area (Å²) in [5, 5.41) is 12.3. The van der Waals surface area contributed by atoms with E-state index < -0.39 is 16.7 Å². The molecule has 1 heterocycles. The molecule has 0 aromatic heterocycles. The quantitative estimate of drug-likeness (QED) is 0.351. The van der Waals surface area contributed by atoms with Crippen LogP contribution in [0.2, 0.25) is 5.02 Å². The highest BCUT2D eigenvalue weighted by atomic mass is 35.5. The van der Waals surface area contributed by atoms with Crippen LogP contribution in [0.4, 0.5) is 5.69 Å². The van der Waals surface area contributed by atoms with Crippen LogP contribution in [0.3, 0.4) is 0 Å². The first-order valence-electron chi connectivity index (χ1n) is 7.44. The lowest BCUT2D eigenvalue weighted by molar-refractivity contribution is -0.384. The predicted molar refractivity (Wildman–Crippen MR) is 107 cm³/mol. The van der Waals surface area contributed by atoms with Crippen molar-refractivity contribution in [3.63, 3.8) is 0 Å². The van der Waals surface area contributed by atoms with E-state index in [-0.39, 0.29) is 14.9 Å². The molecule has 27 heavy (non-hydrogen) atoms. The maximum absolute atomic E-state index is 12.5. The zero-order valence-electron chi connectivity index (χ0n) is 13.4. The number of hydrogen-bond donors (Lipinski definition) is 1. The first kappa shape index (κ1) is 19.0. The van der Waals surface area contributed by atoms with Gasteiger partial charge in [0.1, 0.15) is 0 Å². The van der Waals surface area contributed by atoms with Gasteiger partial charge in [-0.1, -0.05) is 35.5 Å². The zero-order valence-corrected chi connectivity index (χ0v) is 15.8. The minimum absolute atomic E-state index is 0.0877. The summed E-state index contributed by atoms with van der Waals surface area (Å²) < 4.78 is 0.152. The van der Waals surface area contributed by atoms with E-state index in [2.05, 4.69) is 5.43 Å². The number of hydrogen-bond acceptors (Lipinski definition) is 6. The highest BCUT2D eigenvalue weighted by Gasteiger charge is 2.33. The van der Waals surface area contributed by atoms with E-state index in [0.717, 1.165) is 16.8 Å². The van der Waals surface area contributed by atoms with Crippen LogP contribution >= 0.6 is 35.6 Å². The average molecular weight is 420 g/mol. The van der Waals surface area contributed by atoms with Crippen molar-refractivity contribution in [2.24, 2.45) is 0 Å². The van der Waals surface area contributed by atoms with Gasteiger partial charge in [0.15, 0.2) is 4.32 Å². The fourth-order valence-corrected chi connectivity index (χ4v) is 3.52. The van der Waals surface area contributed by atoms with E-state index in [0.29, 0.717) is 16.1 Å². The molecule has 0 unspecified atom stereocenters. The number of thioether (sulfide) groups is 1. The molecule has 1 aliphatic heterocycles. The second kappa shape index (κ2) is 7.87. The molecule has 2 amide bonds. The van der Waals surface area contributed by atoms with Gasteiger partial charge in [-0.15, -0.1) is 0 Å². The molecule has 0 saturated carbocycles. The van der Waals surface area contributed by atoms with E-state index in [9.17, 15) is 19.7 Å². The monoisotopic (exact) mass is 419 g/mol. The summed E-state index contributed by atoms with van der Waals surface area (Å²) in [6.07, 6.45) is 1.49. The fourth-order valence-electron chi connectivity index (χ4n) is 2.21. The Morgan fingerprint density at radius 3 is 2.63 bits per heavy atom. The van der Waals surface area contributed by atoms with Gasteiger partial charge in [0.05, 0.1) is 9.83 Å². The van der Waals surface area contributed by atoms with Gasteiger partial charge in [-0.25, -0.2) is 0 Å². The Kier molecular flexibility index (Phi) is 5.54. The summed E-state index contributed by atoms with van der Waals surface area (Å²) >= 11 is 11.9. The van der Waals surface area contributed by atoms with Gasteiger partial charge in [-0.3, -0.25) is 25.1 Å². The number of carbonyl (C=O) groups excluding carboxylic acids is 2. The number of nitrogens with one attached hydrogen (secondary N) is 1. The number of rotatable bonds is 4. The van der Waals surface area contributed by atoms with Crippen LogP contribution in [0, 0.1) is 10.1 Å². The average Bonchev–Trinajstić information content (AvgIpc) is 2.90. The molecule has 7 nitrogen and oxygen atoms in total. The third-order valence-corrected chi connectivity index (χ3v) is 5.05. The Bertz CT molecular complexity index is 992. The molecule has 0 bridgehead atoms. The summed E-state index contributed by atoms with van der Waals surface area (Å²) in [5.41, 5.74) is 3.16. The van der Waals surface area contributed by atoms with Crippen LogP contribution in [0.25, 0.3) is 6.08 Å². The Morgan fingerprint density at radius 1 is 1.26 bits per heavy atom. The van der Waals surface area contributed by atoms with Gasteiger partial charge >= 0.3 is 0 Å². The van der Waals surface area contributed by atoms with E-state index in [1.807, 2.05) is 0 Å². The highest BCUT2D eigenvalue weighted by Crippen LogP contribution is 2.32. The third-order valence-electron chi connectivity index (χ3n) is 3.49. The summed E-state index contributed by atoms with van der Waals surface area (Å²) in [6.45, 7) is 0. The van der Waals surface area contributed by atoms with Gasteiger partial charge in [0, 0.05) is 22.7 Å². The van der Waals surface area contributed by atoms with Gasteiger partial charge in [0.25, 0.3) is 17.5 Å². The van der Waals surface area contributed by atoms with E-state index in [1.54, 1.807) is 18.2 Å². The number of hydrazine groups is 1. The number of carbonyl (C=O) groups is 2. The molecule has 1 aliphatic rings. The Morgan fingerprint density at radius 2 is 1.96 bits per heavy atom. The molecular weight excluding hydrogens is 410 g/mol. The topological polar surface area (TPSA) is 92.6 Å². The molecular formula is C17H10ClN3O4S2. The number of thiocarbonyl (C=S) groups is 1. The van der Waals surface area contributed by atoms with Crippen molar-refractivity contribution in [2.45, 2.75) is 0 Å². The summed E-state index contributed by atoms with van der Waals surface area (Å²) in [4.78, 5) is 35.4. The molecule has 0 spiro atoms. The molecule has 1 N–H and O–H groups in total. The first-order chi connectivity index (χ1) is 12.8. The van der Waals surface area contributed by atoms with Gasteiger partial charge in [0.2, 0.25) is 0 Å². The van der Waals surface area contributed by atoms with E-state index >= 15 is 0 Å². The van der Waals surface area contributed by atoms with Crippen LogP contribution in [0.1, 0.15) is 15.9 Å². The number of amides is 2. The molecule has 136 valence electrons. The number of non-ortho nitro benzene ring substituents is 1. The molecule has 1 fully saturated rings. The van der Waals surface area contributed by atoms with Crippen LogP contribution in [0.15, 0.2) is 53.4 Å². The Balaban J connectivity index is 1.78. The SMILES string of the molecule is O=C(NN1C(=O)/C(=C\c2cccc([N+](=O)[O-])c2)SC1=S)c1ccc(Cl)cc1. The number of benzene rings is 2. The highest BCUT2D eigenvalue weighted by molar-refractivity contribution is 8.26. The largest absolute Gasteiger partial charge is 0.285 e. The van der Waals surface area contributed by atoms with Crippen molar-refractivity contribution < 1.29 is 14.5 Å². The normalized spacial score (nSPS) is 15.3. The second-order valence-electron chi connectivity index (χ2n) is 5.32. The lowest BCUT2D eigenvalue weighted by Crippen LogP contribution is -2.44. The standard InChI is InChI=1S/C17H10ClN3O4S2/c18-12-6-4-11(5-7-12)15(22)19-20-16(23)14(27-17(20)26)9-10-2-1-3-13(8-10)21(24)25/h1-9H,(H,19,22)/b14-9+. The molecule has 10 heteroatoms. The molecule has 0 atom stereocenters. The third kappa shape index (κ3) is 4.33. The number of nitro groups is 1. The van der Waals surface area contributed by atoms with Crippen molar-refractivity contribution in [1.82, 2.24) is 10.4 Å². The van der Waals surface area contributed by atoms with Crippen LogP contribution < -0.4 is 5.43 Å². The smallest absolute Gasteiger partial charge is 0.267 e. The first-order valence-corrected chi connectivity index (χ1v) is 9.04. The van der Waals surface area contributed by atoms with Crippen molar-refractivity contribution in [1.29, 1.82) is 0 Å². The second-order valence-corrected chi connectivity index (χ2v) is 7.43. The van der Waals surface area contributed by atoms with Gasteiger partial charge in [-0.05, 0) is 48.1 Å². The minimum Gasteiger partial charge on any atom is -0.267 e.